The second kappa shape index (κ2) is 6.71. The summed E-state index contributed by atoms with van der Waals surface area (Å²) in [6, 6.07) is 6.01. The maximum atomic E-state index is 5.56. The summed E-state index contributed by atoms with van der Waals surface area (Å²) in [5, 5.41) is 14.3. The minimum Gasteiger partial charge on any atom is -0.496 e. The highest BCUT2D eigenvalue weighted by molar-refractivity contribution is 9.10. The van der Waals surface area contributed by atoms with Crippen molar-refractivity contribution in [2.24, 2.45) is 0 Å². The molecule has 0 aliphatic heterocycles. The van der Waals surface area contributed by atoms with Gasteiger partial charge in [0.05, 0.1) is 17.6 Å². The van der Waals surface area contributed by atoms with E-state index in [1.54, 1.807) is 7.11 Å². The van der Waals surface area contributed by atoms with E-state index in [9.17, 15) is 0 Å². The van der Waals surface area contributed by atoms with Crippen molar-refractivity contribution in [1.29, 1.82) is 0 Å². The molecule has 0 fully saturated rings. The molecular formula is C13H17BrN4O2. The second-order valence-electron chi connectivity index (χ2n) is 4.20. The molecule has 0 saturated carbocycles. The Morgan fingerprint density at radius 2 is 2.20 bits per heavy atom. The predicted octanol–water partition coefficient (Wildman–Crippen LogP) is 3.25. The summed E-state index contributed by atoms with van der Waals surface area (Å²) in [4.78, 5) is 0. The van der Waals surface area contributed by atoms with Crippen LogP contribution in [0.1, 0.15) is 25.8 Å². The van der Waals surface area contributed by atoms with Crippen molar-refractivity contribution in [1.82, 2.24) is 15.5 Å². The van der Waals surface area contributed by atoms with Gasteiger partial charge < -0.3 is 19.8 Å². The molecule has 1 aromatic carbocycles. The maximum Gasteiger partial charge on any atom is 0.320 e. The Kier molecular flexibility index (Phi) is 4.97. The molecule has 0 spiro atoms. The van der Waals surface area contributed by atoms with Crippen LogP contribution in [0.15, 0.2) is 27.1 Å². The van der Waals surface area contributed by atoms with Gasteiger partial charge in [-0.1, -0.05) is 12.0 Å². The van der Waals surface area contributed by atoms with Gasteiger partial charge in [0, 0.05) is 5.69 Å². The minimum absolute atomic E-state index is 0.0330. The number of benzene rings is 1. The second-order valence-corrected chi connectivity index (χ2v) is 5.05. The summed E-state index contributed by atoms with van der Waals surface area (Å²) < 4.78 is 11.6. The highest BCUT2D eigenvalue weighted by Crippen LogP contribution is 2.29. The third kappa shape index (κ3) is 3.49. The van der Waals surface area contributed by atoms with Crippen LogP contribution in [0.25, 0.3) is 0 Å². The maximum absolute atomic E-state index is 5.56. The van der Waals surface area contributed by atoms with Crippen molar-refractivity contribution >= 4 is 27.6 Å². The number of nitrogens with one attached hydrogen (secondary N) is 2. The van der Waals surface area contributed by atoms with Gasteiger partial charge in [0.15, 0.2) is 0 Å². The van der Waals surface area contributed by atoms with E-state index in [0.29, 0.717) is 11.9 Å². The van der Waals surface area contributed by atoms with Gasteiger partial charge in [0.25, 0.3) is 0 Å². The normalized spacial score (nSPS) is 12.2. The molecule has 1 atom stereocenters. The Labute approximate surface area is 126 Å². The first-order valence-corrected chi connectivity index (χ1v) is 7.10. The Hall–Kier alpha value is -1.60. The summed E-state index contributed by atoms with van der Waals surface area (Å²) in [6.07, 6.45) is 0. The van der Waals surface area contributed by atoms with E-state index in [1.807, 2.05) is 32.0 Å². The molecular weight excluding hydrogens is 324 g/mol. The van der Waals surface area contributed by atoms with Crippen LogP contribution in [0.4, 0.5) is 11.7 Å². The number of hydrogen-bond acceptors (Lipinski definition) is 6. The average Bonchev–Trinajstić information content (AvgIpc) is 2.88. The summed E-state index contributed by atoms with van der Waals surface area (Å²) in [5.41, 5.74) is 0.837. The molecule has 7 heteroatoms. The number of anilines is 2. The van der Waals surface area contributed by atoms with E-state index in [0.717, 1.165) is 22.5 Å². The summed E-state index contributed by atoms with van der Waals surface area (Å²) in [5.74, 6) is 1.32. The molecule has 0 saturated heterocycles. The van der Waals surface area contributed by atoms with Crippen molar-refractivity contribution in [3.63, 3.8) is 0 Å². The zero-order valence-corrected chi connectivity index (χ0v) is 13.2. The first kappa shape index (κ1) is 14.8. The first-order valence-electron chi connectivity index (χ1n) is 6.31. The Bertz CT molecular complexity index is 573. The fraction of sp³-hybridized carbons (Fsp3) is 0.385. The van der Waals surface area contributed by atoms with Gasteiger partial charge in [-0.05, 0) is 47.6 Å². The lowest BCUT2D eigenvalue weighted by molar-refractivity contribution is 0.412. The van der Waals surface area contributed by atoms with Crippen molar-refractivity contribution in [3.05, 3.63) is 28.6 Å². The third-order valence-corrected chi connectivity index (χ3v) is 3.34. The molecule has 20 heavy (non-hydrogen) atoms. The van der Waals surface area contributed by atoms with E-state index in [2.05, 4.69) is 36.8 Å². The zero-order chi connectivity index (χ0) is 14.5. The Balaban J connectivity index is 2.08. The Morgan fingerprint density at radius 1 is 1.40 bits per heavy atom. The van der Waals surface area contributed by atoms with Gasteiger partial charge in [0.2, 0.25) is 5.89 Å². The molecule has 0 bridgehead atoms. The number of halogens is 1. The fourth-order valence-corrected chi connectivity index (χ4v) is 2.26. The third-order valence-electron chi connectivity index (χ3n) is 2.72. The minimum atomic E-state index is 0.0330. The Morgan fingerprint density at radius 3 is 2.85 bits per heavy atom. The SMILES string of the molecule is CCNC(C)c1nnc(Nc2ccc(OC)c(Br)c2)o1. The van der Waals surface area contributed by atoms with Crippen LogP contribution in [0.3, 0.4) is 0 Å². The molecule has 108 valence electrons. The largest absolute Gasteiger partial charge is 0.496 e. The van der Waals surface area contributed by atoms with Crippen LogP contribution in [-0.4, -0.2) is 23.9 Å². The molecule has 0 amide bonds. The molecule has 1 heterocycles. The number of rotatable bonds is 6. The van der Waals surface area contributed by atoms with Crippen LogP contribution in [0.5, 0.6) is 5.75 Å². The van der Waals surface area contributed by atoms with E-state index >= 15 is 0 Å². The quantitative estimate of drug-likeness (QED) is 0.840. The first-order chi connectivity index (χ1) is 9.63. The lowest BCUT2D eigenvalue weighted by atomic mass is 10.3. The van der Waals surface area contributed by atoms with Gasteiger partial charge >= 0.3 is 6.01 Å². The highest BCUT2D eigenvalue weighted by atomic mass is 79.9. The molecule has 2 rings (SSSR count). The lowest BCUT2D eigenvalue weighted by Crippen LogP contribution is -2.17. The molecule has 2 N–H and O–H groups in total. The predicted molar refractivity (Wildman–Crippen MR) is 80.4 cm³/mol. The molecule has 6 nitrogen and oxygen atoms in total. The number of methoxy groups -OCH3 is 1. The molecule has 0 aliphatic rings. The molecule has 0 radical (unpaired) electrons. The topological polar surface area (TPSA) is 72.2 Å². The van der Waals surface area contributed by atoms with Crippen LogP contribution in [0.2, 0.25) is 0 Å². The fourth-order valence-electron chi connectivity index (χ4n) is 1.72. The van der Waals surface area contributed by atoms with E-state index in [4.69, 9.17) is 9.15 Å². The van der Waals surface area contributed by atoms with Crippen molar-refractivity contribution in [2.45, 2.75) is 19.9 Å². The average molecular weight is 341 g/mol. The summed E-state index contributed by atoms with van der Waals surface area (Å²) in [7, 11) is 1.62. The number of nitrogens with zero attached hydrogens (tertiary/aromatic N) is 2. The van der Waals surface area contributed by atoms with E-state index in [-0.39, 0.29) is 6.04 Å². The number of ether oxygens (including phenoxy) is 1. The van der Waals surface area contributed by atoms with Gasteiger partial charge in [-0.15, -0.1) is 5.10 Å². The molecule has 1 aromatic heterocycles. The van der Waals surface area contributed by atoms with Gasteiger partial charge in [-0.3, -0.25) is 0 Å². The zero-order valence-electron chi connectivity index (χ0n) is 11.6. The van der Waals surface area contributed by atoms with Crippen molar-refractivity contribution < 1.29 is 9.15 Å². The number of aromatic nitrogens is 2. The van der Waals surface area contributed by atoms with Crippen LogP contribution >= 0.6 is 15.9 Å². The molecule has 1 unspecified atom stereocenters. The van der Waals surface area contributed by atoms with Gasteiger partial charge in [-0.2, -0.15) is 0 Å². The van der Waals surface area contributed by atoms with Crippen molar-refractivity contribution in [2.75, 3.05) is 19.0 Å². The van der Waals surface area contributed by atoms with Crippen LogP contribution < -0.4 is 15.4 Å². The number of hydrogen-bond donors (Lipinski definition) is 2. The van der Waals surface area contributed by atoms with Gasteiger partial charge in [0.1, 0.15) is 5.75 Å². The van der Waals surface area contributed by atoms with Gasteiger partial charge in [-0.25, -0.2) is 0 Å². The van der Waals surface area contributed by atoms with Crippen LogP contribution in [-0.2, 0) is 0 Å². The standard InChI is InChI=1S/C13H17BrN4O2/c1-4-15-8(2)12-17-18-13(20-12)16-9-5-6-11(19-3)10(14)7-9/h5-8,15H,4H2,1-3H3,(H,16,18). The smallest absolute Gasteiger partial charge is 0.320 e. The summed E-state index contributed by atoms with van der Waals surface area (Å²) >= 11 is 3.43. The van der Waals surface area contributed by atoms with E-state index in [1.165, 1.54) is 0 Å². The lowest BCUT2D eigenvalue weighted by Gasteiger charge is -2.07. The molecule has 0 aliphatic carbocycles. The van der Waals surface area contributed by atoms with E-state index < -0.39 is 0 Å². The summed E-state index contributed by atoms with van der Waals surface area (Å²) in [6.45, 7) is 4.85. The highest BCUT2D eigenvalue weighted by Gasteiger charge is 2.13. The molecule has 2 aromatic rings. The van der Waals surface area contributed by atoms with Crippen LogP contribution in [0, 0.1) is 0 Å². The van der Waals surface area contributed by atoms with Crippen molar-refractivity contribution in [3.8, 4) is 5.75 Å². The monoisotopic (exact) mass is 340 g/mol.